The Bertz CT molecular complexity index is 499. The van der Waals surface area contributed by atoms with Crippen LogP contribution in [0.15, 0.2) is 53.4 Å². The summed E-state index contributed by atoms with van der Waals surface area (Å²) in [6, 6.07) is 16.5. The monoisotopic (exact) mass is 277 g/mol. The SMILES string of the molecule is CNCc1cccc(Cl)c1SCc1ccccc1. The molecule has 1 N–H and O–H groups in total. The summed E-state index contributed by atoms with van der Waals surface area (Å²) in [6.45, 7) is 0.845. The van der Waals surface area contributed by atoms with Crippen LogP contribution in [-0.4, -0.2) is 7.05 Å². The lowest BCUT2D eigenvalue weighted by atomic mass is 10.2. The molecule has 0 spiro atoms. The van der Waals surface area contributed by atoms with Crippen LogP contribution < -0.4 is 5.32 Å². The van der Waals surface area contributed by atoms with Crippen LogP contribution in [0.1, 0.15) is 11.1 Å². The van der Waals surface area contributed by atoms with Crippen molar-refractivity contribution in [1.82, 2.24) is 5.32 Å². The quantitative estimate of drug-likeness (QED) is 0.816. The van der Waals surface area contributed by atoms with Crippen LogP contribution in [-0.2, 0) is 12.3 Å². The number of halogens is 1. The molecule has 2 aromatic rings. The molecule has 0 fully saturated rings. The zero-order valence-corrected chi connectivity index (χ0v) is 11.9. The van der Waals surface area contributed by atoms with Crippen molar-refractivity contribution < 1.29 is 0 Å². The maximum absolute atomic E-state index is 6.28. The maximum atomic E-state index is 6.28. The molecule has 0 atom stereocenters. The molecule has 0 heterocycles. The molecule has 0 aliphatic rings. The van der Waals surface area contributed by atoms with E-state index in [0.717, 1.165) is 17.3 Å². The third-order valence-electron chi connectivity index (χ3n) is 2.64. The van der Waals surface area contributed by atoms with E-state index in [1.165, 1.54) is 16.0 Å². The summed E-state index contributed by atoms with van der Waals surface area (Å²) in [5.41, 5.74) is 2.57. The summed E-state index contributed by atoms with van der Waals surface area (Å²) in [6.07, 6.45) is 0. The molecule has 0 bridgehead atoms. The molecule has 0 amide bonds. The normalized spacial score (nSPS) is 10.6. The smallest absolute Gasteiger partial charge is 0.0545 e. The van der Waals surface area contributed by atoms with E-state index in [-0.39, 0.29) is 0 Å². The molecule has 2 rings (SSSR count). The van der Waals surface area contributed by atoms with Crippen LogP contribution in [0.3, 0.4) is 0 Å². The summed E-state index contributed by atoms with van der Waals surface area (Å²) in [4.78, 5) is 1.18. The lowest BCUT2D eigenvalue weighted by Crippen LogP contribution is -2.06. The fourth-order valence-electron chi connectivity index (χ4n) is 1.77. The second-order valence-corrected chi connectivity index (χ2v) is 5.43. The average molecular weight is 278 g/mol. The van der Waals surface area contributed by atoms with Gasteiger partial charge in [0.05, 0.1) is 5.02 Å². The Hall–Kier alpha value is -0.960. The third kappa shape index (κ3) is 3.52. The molecule has 0 saturated heterocycles. The van der Waals surface area contributed by atoms with E-state index < -0.39 is 0 Å². The first-order valence-electron chi connectivity index (χ1n) is 5.90. The molecule has 0 saturated carbocycles. The van der Waals surface area contributed by atoms with Crippen molar-refractivity contribution in [2.75, 3.05) is 7.05 Å². The van der Waals surface area contributed by atoms with Crippen molar-refractivity contribution in [3.8, 4) is 0 Å². The maximum Gasteiger partial charge on any atom is 0.0545 e. The van der Waals surface area contributed by atoms with Gasteiger partial charge in [-0.2, -0.15) is 0 Å². The summed E-state index contributed by atoms with van der Waals surface area (Å²) in [7, 11) is 1.95. The molecule has 0 aromatic heterocycles. The van der Waals surface area contributed by atoms with Gasteiger partial charge in [-0.15, -0.1) is 11.8 Å². The van der Waals surface area contributed by atoms with Crippen LogP contribution in [0.5, 0.6) is 0 Å². The van der Waals surface area contributed by atoms with Crippen LogP contribution in [0.2, 0.25) is 5.02 Å². The Morgan fingerprint density at radius 1 is 1.06 bits per heavy atom. The van der Waals surface area contributed by atoms with Crippen molar-refractivity contribution in [3.05, 3.63) is 64.7 Å². The second kappa shape index (κ2) is 6.83. The molecule has 1 nitrogen and oxygen atoms in total. The van der Waals surface area contributed by atoms with Crippen LogP contribution in [0, 0.1) is 0 Å². The molecular weight excluding hydrogens is 262 g/mol. The predicted molar refractivity (Wildman–Crippen MR) is 80.2 cm³/mol. The van der Waals surface area contributed by atoms with E-state index in [2.05, 4.69) is 35.6 Å². The molecule has 18 heavy (non-hydrogen) atoms. The molecule has 94 valence electrons. The molecule has 0 aliphatic carbocycles. The Kier molecular flexibility index (Phi) is 5.12. The molecule has 3 heteroatoms. The van der Waals surface area contributed by atoms with E-state index in [0.29, 0.717) is 0 Å². The molecule has 0 aliphatic heterocycles. The zero-order valence-electron chi connectivity index (χ0n) is 10.3. The highest BCUT2D eigenvalue weighted by Gasteiger charge is 2.07. The van der Waals surface area contributed by atoms with Gasteiger partial charge in [0.1, 0.15) is 0 Å². The number of benzene rings is 2. The van der Waals surface area contributed by atoms with E-state index in [1.807, 2.05) is 25.2 Å². The van der Waals surface area contributed by atoms with Gasteiger partial charge in [0.15, 0.2) is 0 Å². The minimum Gasteiger partial charge on any atom is -0.316 e. The van der Waals surface area contributed by atoms with Gasteiger partial charge in [-0.3, -0.25) is 0 Å². The topological polar surface area (TPSA) is 12.0 Å². The van der Waals surface area contributed by atoms with Gasteiger partial charge in [-0.05, 0) is 24.2 Å². The van der Waals surface area contributed by atoms with Gasteiger partial charge in [0, 0.05) is 17.2 Å². The second-order valence-electron chi connectivity index (χ2n) is 4.03. The Labute approximate surface area is 118 Å². The van der Waals surface area contributed by atoms with Crippen molar-refractivity contribution in [1.29, 1.82) is 0 Å². The van der Waals surface area contributed by atoms with Crippen molar-refractivity contribution >= 4 is 23.4 Å². The number of hydrogen-bond acceptors (Lipinski definition) is 2. The summed E-state index contributed by atoms with van der Waals surface area (Å²) < 4.78 is 0. The van der Waals surface area contributed by atoms with E-state index >= 15 is 0 Å². The molecular formula is C15H16ClNS. The number of rotatable bonds is 5. The molecule has 0 radical (unpaired) electrons. The summed E-state index contributed by atoms with van der Waals surface area (Å²) in [5.74, 6) is 0.946. The summed E-state index contributed by atoms with van der Waals surface area (Å²) in [5, 5.41) is 4.01. The third-order valence-corrected chi connectivity index (χ3v) is 4.32. The van der Waals surface area contributed by atoms with Crippen LogP contribution >= 0.6 is 23.4 Å². The lowest BCUT2D eigenvalue weighted by Gasteiger charge is -2.10. The number of thioether (sulfide) groups is 1. The predicted octanol–water partition coefficient (Wildman–Crippen LogP) is 4.35. The number of hydrogen-bond donors (Lipinski definition) is 1. The fourth-order valence-corrected chi connectivity index (χ4v) is 3.17. The number of nitrogens with one attached hydrogen (secondary N) is 1. The Balaban J connectivity index is 2.13. The zero-order chi connectivity index (χ0) is 12.8. The van der Waals surface area contributed by atoms with Gasteiger partial charge < -0.3 is 5.32 Å². The first kappa shape index (κ1) is 13.5. The Morgan fingerprint density at radius 3 is 2.56 bits per heavy atom. The standard InChI is InChI=1S/C15H16ClNS/c1-17-10-13-8-5-9-14(16)15(13)18-11-12-6-3-2-4-7-12/h2-9,17H,10-11H2,1H3. The molecule has 0 unspecified atom stereocenters. The van der Waals surface area contributed by atoms with Gasteiger partial charge in [0.2, 0.25) is 0 Å². The van der Waals surface area contributed by atoms with Crippen LogP contribution in [0.25, 0.3) is 0 Å². The minimum absolute atomic E-state index is 0.837. The van der Waals surface area contributed by atoms with Crippen molar-refractivity contribution in [2.24, 2.45) is 0 Å². The lowest BCUT2D eigenvalue weighted by molar-refractivity contribution is 0.803. The van der Waals surface area contributed by atoms with Gasteiger partial charge in [-0.25, -0.2) is 0 Å². The van der Waals surface area contributed by atoms with E-state index in [4.69, 9.17) is 11.6 Å². The first-order chi connectivity index (χ1) is 8.81. The first-order valence-corrected chi connectivity index (χ1v) is 7.26. The van der Waals surface area contributed by atoms with Gasteiger partial charge in [-0.1, -0.05) is 54.1 Å². The minimum atomic E-state index is 0.837. The average Bonchev–Trinajstić information content (AvgIpc) is 2.40. The van der Waals surface area contributed by atoms with Crippen LogP contribution in [0.4, 0.5) is 0 Å². The van der Waals surface area contributed by atoms with Gasteiger partial charge >= 0.3 is 0 Å². The van der Waals surface area contributed by atoms with E-state index in [9.17, 15) is 0 Å². The van der Waals surface area contributed by atoms with Gasteiger partial charge in [0.25, 0.3) is 0 Å². The Morgan fingerprint density at radius 2 is 1.83 bits per heavy atom. The highest BCUT2D eigenvalue weighted by Crippen LogP contribution is 2.32. The van der Waals surface area contributed by atoms with E-state index in [1.54, 1.807) is 11.8 Å². The fraction of sp³-hybridized carbons (Fsp3) is 0.200. The highest BCUT2D eigenvalue weighted by atomic mass is 35.5. The highest BCUT2D eigenvalue weighted by molar-refractivity contribution is 7.98. The summed E-state index contributed by atoms with van der Waals surface area (Å²) >= 11 is 8.08. The largest absolute Gasteiger partial charge is 0.316 e. The van der Waals surface area contributed by atoms with Crippen molar-refractivity contribution in [3.63, 3.8) is 0 Å². The van der Waals surface area contributed by atoms with Crippen molar-refractivity contribution in [2.45, 2.75) is 17.2 Å². The molecule has 2 aromatic carbocycles.